The molecule has 6 nitrogen and oxygen atoms in total. The number of aryl methyl sites for hydroxylation is 2. The van der Waals surface area contributed by atoms with Crippen LogP contribution in [0.1, 0.15) is 18.1 Å². The molecule has 0 bridgehead atoms. The van der Waals surface area contributed by atoms with Gasteiger partial charge in [-0.1, -0.05) is 30.3 Å². The molecular weight excluding hydrogens is 320 g/mol. The molecule has 0 spiro atoms. The van der Waals surface area contributed by atoms with Gasteiger partial charge < -0.3 is 9.47 Å². The third-order valence-electron chi connectivity index (χ3n) is 3.45. The van der Waals surface area contributed by atoms with Crippen molar-refractivity contribution < 1.29 is 19.1 Å². The second-order valence-electron chi connectivity index (χ2n) is 5.67. The number of carbonyl (C=O) groups is 2. The predicted molar refractivity (Wildman–Crippen MR) is 94.2 cm³/mol. The molecule has 0 aliphatic heterocycles. The van der Waals surface area contributed by atoms with Crippen LogP contribution in [0.3, 0.4) is 0 Å². The number of rotatable bonds is 6. The smallest absolute Gasteiger partial charge is 0.279 e. The van der Waals surface area contributed by atoms with E-state index in [1.165, 1.54) is 0 Å². The highest BCUT2D eigenvalue weighted by molar-refractivity contribution is 5.85. The summed E-state index contributed by atoms with van der Waals surface area (Å²) in [6.45, 7) is 5.24. The van der Waals surface area contributed by atoms with Gasteiger partial charge in [-0.2, -0.15) is 0 Å². The van der Waals surface area contributed by atoms with Crippen LogP contribution in [0.15, 0.2) is 48.5 Å². The molecule has 2 N–H and O–H groups in total. The summed E-state index contributed by atoms with van der Waals surface area (Å²) >= 11 is 0. The summed E-state index contributed by atoms with van der Waals surface area (Å²) < 4.78 is 10.9. The van der Waals surface area contributed by atoms with Gasteiger partial charge in [-0.15, -0.1) is 0 Å². The lowest BCUT2D eigenvalue weighted by Gasteiger charge is -2.16. The Morgan fingerprint density at radius 1 is 1.04 bits per heavy atom. The van der Waals surface area contributed by atoms with E-state index in [0.29, 0.717) is 11.5 Å². The maximum atomic E-state index is 12.0. The molecule has 25 heavy (non-hydrogen) atoms. The van der Waals surface area contributed by atoms with Crippen molar-refractivity contribution in [1.82, 2.24) is 10.9 Å². The Hall–Kier alpha value is -3.02. The van der Waals surface area contributed by atoms with Crippen molar-refractivity contribution >= 4 is 11.8 Å². The van der Waals surface area contributed by atoms with Crippen molar-refractivity contribution in [2.75, 3.05) is 6.61 Å². The molecule has 1 unspecified atom stereocenters. The Morgan fingerprint density at radius 3 is 2.52 bits per heavy atom. The SMILES string of the molecule is Cc1cccc(OCC(=O)NNC(=O)C(C)Oc2ccccc2C)c1. The first-order valence-electron chi connectivity index (χ1n) is 7.96. The van der Waals surface area contributed by atoms with Crippen molar-refractivity contribution in [3.8, 4) is 11.5 Å². The number of benzene rings is 2. The predicted octanol–water partition coefficient (Wildman–Crippen LogP) is 2.30. The molecule has 0 aromatic heterocycles. The average molecular weight is 342 g/mol. The fourth-order valence-corrected chi connectivity index (χ4v) is 2.06. The molecule has 2 rings (SSSR count). The molecule has 132 valence electrons. The van der Waals surface area contributed by atoms with Gasteiger partial charge in [0.2, 0.25) is 0 Å². The summed E-state index contributed by atoms with van der Waals surface area (Å²) in [5.74, 6) is 0.307. The van der Waals surface area contributed by atoms with Crippen LogP contribution in [0.5, 0.6) is 11.5 Å². The number of ether oxygens (including phenoxy) is 2. The molecule has 0 aliphatic carbocycles. The molecule has 2 amide bonds. The second-order valence-corrected chi connectivity index (χ2v) is 5.67. The number of para-hydroxylation sites is 1. The fraction of sp³-hybridized carbons (Fsp3) is 0.263. The van der Waals surface area contributed by atoms with E-state index >= 15 is 0 Å². The lowest BCUT2D eigenvalue weighted by molar-refractivity contribution is -0.133. The van der Waals surface area contributed by atoms with Crippen LogP contribution in [0.2, 0.25) is 0 Å². The fourth-order valence-electron chi connectivity index (χ4n) is 2.06. The monoisotopic (exact) mass is 342 g/mol. The Morgan fingerprint density at radius 2 is 1.80 bits per heavy atom. The normalized spacial score (nSPS) is 11.3. The standard InChI is InChI=1S/C19H22N2O4/c1-13-7-6-9-16(11-13)24-12-18(22)20-21-19(23)15(3)25-17-10-5-4-8-14(17)2/h4-11,15H,12H2,1-3H3,(H,20,22)(H,21,23). The van der Waals surface area contributed by atoms with Crippen molar-refractivity contribution in [1.29, 1.82) is 0 Å². The molecule has 0 aliphatic rings. The van der Waals surface area contributed by atoms with Gasteiger partial charge in [0.1, 0.15) is 11.5 Å². The van der Waals surface area contributed by atoms with Crippen molar-refractivity contribution in [3.63, 3.8) is 0 Å². The molecule has 0 saturated carbocycles. The van der Waals surface area contributed by atoms with E-state index in [9.17, 15) is 9.59 Å². The third kappa shape index (κ3) is 5.84. The minimum absolute atomic E-state index is 0.198. The number of nitrogens with one attached hydrogen (secondary N) is 2. The van der Waals surface area contributed by atoms with Crippen LogP contribution < -0.4 is 20.3 Å². The molecule has 6 heteroatoms. The molecule has 0 radical (unpaired) electrons. The zero-order valence-corrected chi connectivity index (χ0v) is 14.5. The van der Waals surface area contributed by atoms with Gasteiger partial charge in [0.15, 0.2) is 12.7 Å². The van der Waals surface area contributed by atoms with E-state index in [2.05, 4.69) is 10.9 Å². The van der Waals surface area contributed by atoms with Crippen LogP contribution in [-0.4, -0.2) is 24.5 Å². The Bertz CT molecular complexity index is 746. The topological polar surface area (TPSA) is 76.7 Å². The average Bonchev–Trinajstić information content (AvgIpc) is 2.59. The molecule has 1 atom stereocenters. The lowest BCUT2D eigenvalue weighted by atomic mass is 10.2. The highest BCUT2D eigenvalue weighted by Crippen LogP contribution is 2.17. The van der Waals surface area contributed by atoms with Crippen LogP contribution in [0.4, 0.5) is 0 Å². The summed E-state index contributed by atoms with van der Waals surface area (Å²) in [6, 6.07) is 14.8. The molecule has 2 aromatic rings. The summed E-state index contributed by atoms with van der Waals surface area (Å²) in [5.41, 5.74) is 6.60. The third-order valence-corrected chi connectivity index (χ3v) is 3.45. The number of hydrogen-bond acceptors (Lipinski definition) is 4. The largest absolute Gasteiger partial charge is 0.484 e. The number of hydrazine groups is 1. The second kappa shape index (κ2) is 8.73. The van der Waals surface area contributed by atoms with Crippen molar-refractivity contribution in [2.24, 2.45) is 0 Å². The van der Waals surface area contributed by atoms with Crippen LogP contribution in [-0.2, 0) is 9.59 Å². The minimum atomic E-state index is -0.751. The van der Waals surface area contributed by atoms with Crippen LogP contribution in [0, 0.1) is 13.8 Å². The van der Waals surface area contributed by atoms with Gasteiger partial charge in [0, 0.05) is 0 Å². The van der Waals surface area contributed by atoms with E-state index in [1.807, 2.05) is 50.2 Å². The zero-order valence-electron chi connectivity index (χ0n) is 14.5. The molecule has 0 heterocycles. The van der Waals surface area contributed by atoms with E-state index in [0.717, 1.165) is 11.1 Å². The number of carbonyl (C=O) groups excluding carboxylic acids is 2. The first-order valence-corrected chi connectivity index (χ1v) is 7.96. The number of hydrogen-bond donors (Lipinski definition) is 2. The van der Waals surface area contributed by atoms with E-state index < -0.39 is 17.9 Å². The Kier molecular flexibility index (Phi) is 6.39. The van der Waals surface area contributed by atoms with E-state index in [1.54, 1.807) is 19.1 Å². The maximum absolute atomic E-state index is 12.0. The van der Waals surface area contributed by atoms with Gasteiger partial charge in [0.05, 0.1) is 0 Å². The van der Waals surface area contributed by atoms with Gasteiger partial charge in [-0.3, -0.25) is 20.4 Å². The molecular formula is C19H22N2O4. The van der Waals surface area contributed by atoms with Crippen LogP contribution in [0.25, 0.3) is 0 Å². The van der Waals surface area contributed by atoms with E-state index in [-0.39, 0.29) is 6.61 Å². The maximum Gasteiger partial charge on any atom is 0.279 e. The molecule has 0 saturated heterocycles. The Balaban J connectivity index is 1.75. The summed E-state index contributed by atoms with van der Waals surface area (Å²) in [6.07, 6.45) is -0.751. The van der Waals surface area contributed by atoms with Gasteiger partial charge >= 0.3 is 0 Å². The van der Waals surface area contributed by atoms with Crippen LogP contribution >= 0.6 is 0 Å². The van der Waals surface area contributed by atoms with E-state index in [4.69, 9.17) is 9.47 Å². The first kappa shape index (κ1) is 18.3. The van der Waals surface area contributed by atoms with Gasteiger partial charge in [-0.25, -0.2) is 0 Å². The summed E-state index contributed by atoms with van der Waals surface area (Å²) in [7, 11) is 0. The number of amides is 2. The lowest BCUT2D eigenvalue weighted by Crippen LogP contribution is -2.48. The first-order chi connectivity index (χ1) is 12.0. The molecule has 0 fully saturated rings. The summed E-state index contributed by atoms with van der Waals surface area (Å²) in [4.78, 5) is 23.7. The Labute approximate surface area is 147 Å². The highest BCUT2D eigenvalue weighted by atomic mass is 16.5. The quantitative estimate of drug-likeness (QED) is 0.790. The highest BCUT2D eigenvalue weighted by Gasteiger charge is 2.16. The van der Waals surface area contributed by atoms with Crippen molar-refractivity contribution in [3.05, 3.63) is 59.7 Å². The zero-order chi connectivity index (χ0) is 18.2. The van der Waals surface area contributed by atoms with Gasteiger partial charge in [-0.05, 0) is 50.1 Å². The molecule has 2 aromatic carbocycles. The minimum Gasteiger partial charge on any atom is -0.484 e. The van der Waals surface area contributed by atoms with Crippen molar-refractivity contribution in [2.45, 2.75) is 26.9 Å². The summed E-state index contributed by atoms with van der Waals surface area (Å²) in [5, 5.41) is 0. The van der Waals surface area contributed by atoms with Gasteiger partial charge in [0.25, 0.3) is 11.8 Å².